The molecule has 4 rings (SSSR count). The fourth-order valence-electron chi connectivity index (χ4n) is 5.43. The lowest BCUT2D eigenvalue weighted by molar-refractivity contribution is -0.146. The average Bonchev–Trinajstić information content (AvgIpc) is 3.37. The molecular weight excluding hydrogens is 623 g/mol. The lowest BCUT2D eigenvalue weighted by Crippen LogP contribution is -2.42. The third-order valence-electron chi connectivity index (χ3n) is 7.94. The Hall–Kier alpha value is -4.49. The summed E-state index contributed by atoms with van der Waals surface area (Å²) in [5, 5.41) is 2.56. The highest BCUT2D eigenvalue weighted by atomic mass is 19.4. The Bertz CT molecular complexity index is 1650. The first-order chi connectivity index (χ1) is 21.2. The molecule has 0 aliphatic carbocycles. The number of aryl methyl sites for hydroxylation is 1. The van der Waals surface area contributed by atoms with Gasteiger partial charge < -0.3 is 15.0 Å². The van der Waals surface area contributed by atoms with Crippen molar-refractivity contribution >= 4 is 23.5 Å². The lowest BCUT2D eigenvalue weighted by atomic mass is 9.81. The fourth-order valence-corrected chi connectivity index (χ4v) is 5.43. The van der Waals surface area contributed by atoms with E-state index < -0.39 is 70.0 Å². The normalized spacial score (nSPS) is 17.1. The van der Waals surface area contributed by atoms with Crippen LogP contribution in [0.2, 0.25) is 0 Å². The first-order valence-electron chi connectivity index (χ1n) is 14.1. The quantitative estimate of drug-likeness (QED) is 0.226. The molecule has 1 aliphatic rings. The molecule has 1 aromatic heterocycles. The number of amides is 2. The number of nitrogens with one attached hydrogen (secondary N) is 1. The van der Waals surface area contributed by atoms with Crippen LogP contribution in [0.3, 0.4) is 0 Å². The summed E-state index contributed by atoms with van der Waals surface area (Å²) in [4.78, 5) is 44.3. The molecule has 3 aromatic rings. The van der Waals surface area contributed by atoms with Crippen molar-refractivity contribution in [2.45, 2.75) is 63.8 Å². The van der Waals surface area contributed by atoms with Gasteiger partial charge in [-0.1, -0.05) is 6.07 Å². The van der Waals surface area contributed by atoms with Crippen molar-refractivity contribution in [2.24, 2.45) is 0 Å². The molecule has 1 aliphatic heterocycles. The van der Waals surface area contributed by atoms with Crippen molar-refractivity contribution in [1.82, 2.24) is 10.3 Å². The predicted molar refractivity (Wildman–Crippen MR) is 153 cm³/mol. The van der Waals surface area contributed by atoms with Crippen LogP contribution in [-0.2, 0) is 36.9 Å². The van der Waals surface area contributed by atoms with Crippen molar-refractivity contribution < 1.29 is 49.9 Å². The summed E-state index contributed by atoms with van der Waals surface area (Å²) in [5.74, 6) is -3.32. The van der Waals surface area contributed by atoms with Crippen LogP contribution < -0.4 is 10.2 Å². The van der Waals surface area contributed by atoms with Crippen LogP contribution in [0.15, 0.2) is 48.7 Å². The van der Waals surface area contributed by atoms with E-state index in [0.29, 0.717) is 23.3 Å². The van der Waals surface area contributed by atoms with Crippen molar-refractivity contribution in [3.05, 3.63) is 82.4 Å². The van der Waals surface area contributed by atoms with Crippen LogP contribution in [0.4, 0.5) is 36.4 Å². The first-order valence-corrected chi connectivity index (χ1v) is 14.1. The second-order valence-electron chi connectivity index (χ2n) is 11.5. The Morgan fingerprint density at radius 3 is 2.09 bits per heavy atom. The molecule has 2 unspecified atom stereocenters. The monoisotopic (exact) mass is 653 g/mol. The first kappa shape index (κ1) is 34.4. The Labute approximate surface area is 259 Å². The van der Waals surface area contributed by atoms with Gasteiger partial charge in [0.1, 0.15) is 11.9 Å². The number of esters is 1. The van der Waals surface area contributed by atoms with Gasteiger partial charge in [-0.15, -0.1) is 0 Å². The summed E-state index contributed by atoms with van der Waals surface area (Å²) in [6, 6.07) is 5.28. The maximum absolute atomic E-state index is 14.1. The van der Waals surface area contributed by atoms with Crippen LogP contribution in [0, 0.1) is 12.7 Å². The van der Waals surface area contributed by atoms with Crippen molar-refractivity contribution in [3.8, 4) is 11.1 Å². The van der Waals surface area contributed by atoms with Crippen LogP contribution in [0.25, 0.3) is 11.1 Å². The molecule has 2 amide bonds. The van der Waals surface area contributed by atoms with Gasteiger partial charge in [0, 0.05) is 30.6 Å². The number of carbonyl (C=O) groups excluding carboxylic acids is 3. The van der Waals surface area contributed by atoms with E-state index in [0.717, 1.165) is 4.90 Å². The maximum atomic E-state index is 14.1. The number of hydrogen-bond acceptors (Lipinski definition) is 5. The van der Waals surface area contributed by atoms with Gasteiger partial charge in [-0.25, -0.2) is 9.18 Å². The number of alkyl halides is 6. The van der Waals surface area contributed by atoms with E-state index in [1.807, 2.05) is 0 Å². The second kappa shape index (κ2) is 12.4. The number of halogens is 7. The van der Waals surface area contributed by atoms with Crippen molar-refractivity contribution in [3.63, 3.8) is 0 Å². The minimum absolute atomic E-state index is 0.0159. The number of pyridine rings is 1. The van der Waals surface area contributed by atoms with E-state index >= 15 is 0 Å². The lowest BCUT2D eigenvalue weighted by Gasteiger charge is -2.32. The predicted octanol–water partition coefficient (Wildman–Crippen LogP) is 6.71. The number of nitrogens with zero attached hydrogens (tertiary/aromatic N) is 2. The van der Waals surface area contributed by atoms with Gasteiger partial charge in [-0.05, 0) is 80.8 Å². The molecule has 14 heteroatoms. The number of aromatic nitrogens is 1. The standard InChI is InChI=1S/C32H30F7N3O4/c1-6-46-28(44)27-23(14-26(43)41-27)24-13-22(21-8-7-20(33)9-16(21)2)25(15-40-24)42(5)29(45)30(3,4)17-10-18(31(34,35)36)12-19(11-17)32(37,38)39/h7-13,15,23,27H,6,14H2,1-5H3,(H,41,43). The van der Waals surface area contributed by atoms with E-state index in [1.165, 1.54) is 51.4 Å². The highest BCUT2D eigenvalue weighted by Gasteiger charge is 2.43. The van der Waals surface area contributed by atoms with Gasteiger partial charge in [-0.3, -0.25) is 14.6 Å². The summed E-state index contributed by atoms with van der Waals surface area (Å²) < 4.78 is 101. The molecule has 0 bridgehead atoms. The van der Waals surface area contributed by atoms with Gasteiger partial charge in [-0.2, -0.15) is 26.3 Å². The van der Waals surface area contributed by atoms with E-state index in [2.05, 4.69) is 10.3 Å². The Morgan fingerprint density at radius 1 is 0.957 bits per heavy atom. The topological polar surface area (TPSA) is 88.6 Å². The zero-order chi connectivity index (χ0) is 34.4. The Balaban J connectivity index is 1.85. The van der Waals surface area contributed by atoms with Crippen LogP contribution >= 0.6 is 0 Å². The summed E-state index contributed by atoms with van der Waals surface area (Å²) in [6.07, 6.45) is -9.10. The van der Waals surface area contributed by atoms with E-state index in [4.69, 9.17) is 4.74 Å². The molecule has 0 saturated carbocycles. The number of carbonyl (C=O) groups is 3. The Morgan fingerprint density at radius 2 is 1.54 bits per heavy atom. The van der Waals surface area contributed by atoms with E-state index in [1.54, 1.807) is 13.8 Å². The zero-order valence-electron chi connectivity index (χ0n) is 25.4. The summed E-state index contributed by atoms with van der Waals surface area (Å²) in [7, 11) is 1.28. The maximum Gasteiger partial charge on any atom is 0.416 e. The molecular formula is C32H30F7N3O4. The molecule has 1 N–H and O–H groups in total. The number of hydrogen-bond donors (Lipinski definition) is 1. The van der Waals surface area contributed by atoms with Gasteiger partial charge in [0.2, 0.25) is 11.8 Å². The average molecular weight is 654 g/mol. The van der Waals surface area contributed by atoms with Crippen LogP contribution in [0.5, 0.6) is 0 Å². The highest BCUT2D eigenvalue weighted by Crippen LogP contribution is 2.42. The number of anilines is 1. The largest absolute Gasteiger partial charge is 0.464 e. The minimum Gasteiger partial charge on any atom is -0.464 e. The number of likely N-dealkylation sites (N-methyl/N-ethyl adjacent to an activating group) is 1. The number of ether oxygens (including phenoxy) is 1. The smallest absolute Gasteiger partial charge is 0.416 e. The summed E-state index contributed by atoms with van der Waals surface area (Å²) in [6.45, 7) is 5.65. The summed E-state index contributed by atoms with van der Waals surface area (Å²) in [5.41, 5.74) is -4.10. The van der Waals surface area contributed by atoms with Crippen LogP contribution in [0.1, 0.15) is 61.1 Å². The van der Waals surface area contributed by atoms with Crippen molar-refractivity contribution in [2.75, 3.05) is 18.6 Å². The SMILES string of the molecule is CCOC(=O)C1NC(=O)CC1c1cc(-c2ccc(F)cc2C)c(N(C)C(=O)C(C)(C)c2cc(C(F)(F)F)cc(C(F)(F)F)c2)cn1. The van der Waals surface area contributed by atoms with E-state index in [-0.39, 0.29) is 36.0 Å². The molecule has 2 aromatic carbocycles. The van der Waals surface area contributed by atoms with E-state index in [9.17, 15) is 45.1 Å². The highest BCUT2D eigenvalue weighted by molar-refractivity contribution is 6.03. The third kappa shape index (κ3) is 6.85. The van der Waals surface area contributed by atoms with Crippen LogP contribution in [-0.4, -0.2) is 42.5 Å². The number of benzene rings is 2. The molecule has 246 valence electrons. The molecule has 7 nitrogen and oxygen atoms in total. The van der Waals surface area contributed by atoms with Crippen molar-refractivity contribution in [1.29, 1.82) is 0 Å². The molecule has 0 spiro atoms. The fraction of sp³-hybridized carbons (Fsp3) is 0.375. The molecule has 2 heterocycles. The zero-order valence-corrected chi connectivity index (χ0v) is 25.4. The molecule has 0 radical (unpaired) electrons. The molecule has 46 heavy (non-hydrogen) atoms. The molecule has 1 fully saturated rings. The molecule has 1 saturated heterocycles. The minimum atomic E-state index is -5.12. The summed E-state index contributed by atoms with van der Waals surface area (Å²) >= 11 is 0. The van der Waals surface area contributed by atoms with Gasteiger partial charge in [0.15, 0.2) is 0 Å². The van der Waals surface area contributed by atoms with Gasteiger partial charge >= 0.3 is 18.3 Å². The second-order valence-corrected chi connectivity index (χ2v) is 11.5. The molecule has 2 atom stereocenters. The van der Waals surface area contributed by atoms with Gasteiger partial charge in [0.25, 0.3) is 0 Å². The number of rotatable bonds is 7. The Kier molecular flexibility index (Phi) is 9.24. The third-order valence-corrected chi connectivity index (χ3v) is 7.94. The van der Waals surface area contributed by atoms with Gasteiger partial charge in [0.05, 0.1) is 35.0 Å².